The summed E-state index contributed by atoms with van der Waals surface area (Å²) in [6, 6.07) is 14.9. The normalized spacial score (nSPS) is 12.8. The lowest BCUT2D eigenvalue weighted by Gasteiger charge is -2.26. The lowest BCUT2D eigenvalue weighted by molar-refractivity contribution is 0.310. The van der Waals surface area contributed by atoms with Crippen LogP contribution in [0.25, 0.3) is 10.8 Å². The molecule has 0 aliphatic heterocycles. The lowest BCUT2D eigenvalue weighted by Crippen LogP contribution is -2.27. The van der Waals surface area contributed by atoms with E-state index < -0.39 is 0 Å². The van der Waals surface area contributed by atoms with Crippen LogP contribution in [0, 0.1) is 11.3 Å². The predicted octanol–water partition coefficient (Wildman–Crippen LogP) is 5.29. The molecule has 1 N–H and O–H groups in total. The van der Waals surface area contributed by atoms with E-state index in [9.17, 15) is 5.26 Å². The number of rotatable bonds is 6. The van der Waals surface area contributed by atoms with E-state index >= 15 is 0 Å². The fourth-order valence-corrected chi connectivity index (χ4v) is 3.66. The molecule has 3 aromatic rings. The number of nitriles is 1. The molecule has 0 bridgehead atoms. The third kappa shape index (κ3) is 4.44. The first-order chi connectivity index (χ1) is 13.3. The minimum atomic E-state index is 0.129. The Bertz CT molecular complexity index is 944. The quantitative estimate of drug-likeness (QED) is 0.615. The number of aromatic nitrogens is 1. The third-order valence-corrected chi connectivity index (χ3v) is 5.56. The highest BCUT2D eigenvalue weighted by Crippen LogP contribution is 2.30. The highest BCUT2D eigenvalue weighted by atomic mass is 32.1. The number of likely N-dealkylation sites (N-methyl/N-ethyl adjacent to an activating group) is 1. The zero-order valence-corrected chi connectivity index (χ0v) is 17.8. The second-order valence-electron chi connectivity index (χ2n) is 8.02. The maximum atomic E-state index is 9.41. The van der Waals surface area contributed by atoms with Crippen molar-refractivity contribution >= 4 is 17.2 Å². The van der Waals surface area contributed by atoms with Gasteiger partial charge in [-0.15, -0.1) is 11.3 Å². The van der Waals surface area contributed by atoms with Gasteiger partial charge in [0.25, 0.3) is 0 Å². The largest absolute Gasteiger partial charge is 0.418 e. The van der Waals surface area contributed by atoms with Crippen molar-refractivity contribution in [3.63, 3.8) is 0 Å². The third-order valence-electron chi connectivity index (χ3n) is 4.71. The van der Waals surface area contributed by atoms with Gasteiger partial charge in [0.2, 0.25) is 17.5 Å². The molecule has 0 spiro atoms. The van der Waals surface area contributed by atoms with Crippen LogP contribution >= 0.6 is 11.3 Å². The molecular formula is C22H26N4OS. The highest BCUT2D eigenvalue weighted by Gasteiger charge is 2.20. The Morgan fingerprint density at radius 1 is 1.21 bits per heavy atom. The zero-order valence-electron chi connectivity index (χ0n) is 17.0. The van der Waals surface area contributed by atoms with E-state index in [1.165, 1.54) is 22.5 Å². The summed E-state index contributed by atoms with van der Waals surface area (Å²) < 4.78 is 5.83. The van der Waals surface area contributed by atoms with Crippen LogP contribution in [0.5, 0.6) is 0 Å². The molecule has 0 aliphatic carbocycles. The second-order valence-corrected chi connectivity index (χ2v) is 8.97. The van der Waals surface area contributed by atoms with E-state index in [1.807, 2.05) is 31.6 Å². The molecule has 0 aliphatic rings. The van der Waals surface area contributed by atoms with Crippen molar-refractivity contribution in [3.05, 3.63) is 58.6 Å². The van der Waals surface area contributed by atoms with Gasteiger partial charge in [-0.1, -0.05) is 51.1 Å². The van der Waals surface area contributed by atoms with Gasteiger partial charge in [-0.05, 0) is 42.1 Å². The lowest BCUT2D eigenvalue weighted by atomic mass is 9.86. The molecule has 146 valence electrons. The predicted molar refractivity (Wildman–Crippen MR) is 115 cm³/mol. The molecule has 2 aromatic heterocycles. The van der Waals surface area contributed by atoms with E-state index in [-0.39, 0.29) is 17.2 Å². The highest BCUT2D eigenvalue weighted by molar-refractivity contribution is 7.13. The summed E-state index contributed by atoms with van der Waals surface area (Å²) in [6.07, 6.45) is 0. The number of nitrogens with zero attached hydrogens (tertiary/aromatic N) is 3. The first-order valence-corrected chi connectivity index (χ1v) is 10.1. The van der Waals surface area contributed by atoms with Gasteiger partial charge in [-0.2, -0.15) is 10.2 Å². The standard InChI is InChI=1S/C22H26N4OS/c1-22(2,3)16-10-8-15(9-11-16)18(26(4)5)14-24-20-17(13-23)25-21(27-20)19-7-6-12-28-19/h6-12,18,24H,14H2,1-5H3/t18-/m0/s1. The molecule has 5 nitrogen and oxygen atoms in total. The number of nitrogens with one attached hydrogen (secondary N) is 1. The molecule has 6 heteroatoms. The summed E-state index contributed by atoms with van der Waals surface area (Å²) >= 11 is 1.54. The molecule has 0 saturated heterocycles. The van der Waals surface area contributed by atoms with Crippen molar-refractivity contribution in [2.75, 3.05) is 26.0 Å². The average molecular weight is 395 g/mol. The van der Waals surface area contributed by atoms with Crippen LogP contribution in [-0.4, -0.2) is 30.5 Å². The van der Waals surface area contributed by atoms with Crippen LogP contribution in [0.2, 0.25) is 0 Å². The van der Waals surface area contributed by atoms with Crippen molar-refractivity contribution in [3.8, 4) is 16.8 Å². The molecule has 0 unspecified atom stereocenters. The maximum absolute atomic E-state index is 9.41. The minimum absolute atomic E-state index is 0.129. The minimum Gasteiger partial charge on any atom is -0.418 e. The summed E-state index contributed by atoms with van der Waals surface area (Å²) in [5.41, 5.74) is 2.93. The Hall–Kier alpha value is -2.62. The van der Waals surface area contributed by atoms with Gasteiger partial charge < -0.3 is 14.6 Å². The molecule has 1 aromatic carbocycles. The van der Waals surface area contributed by atoms with Crippen molar-refractivity contribution in [1.82, 2.24) is 9.88 Å². The van der Waals surface area contributed by atoms with Crippen LogP contribution in [0.1, 0.15) is 43.6 Å². The number of oxazole rings is 1. The van der Waals surface area contributed by atoms with Gasteiger partial charge in [-0.3, -0.25) is 0 Å². The summed E-state index contributed by atoms with van der Waals surface area (Å²) in [5, 5.41) is 14.7. The summed E-state index contributed by atoms with van der Waals surface area (Å²) in [5.74, 6) is 0.897. The Morgan fingerprint density at radius 3 is 2.46 bits per heavy atom. The Labute approximate surface area is 170 Å². The van der Waals surface area contributed by atoms with Crippen molar-refractivity contribution in [2.24, 2.45) is 0 Å². The average Bonchev–Trinajstić information content (AvgIpc) is 3.30. The van der Waals surface area contributed by atoms with Gasteiger partial charge >= 0.3 is 0 Å². The van der Waals surface area contributed by atoms with Crippen LogP contribution in [-0.2, 0) is 5.41 Å². The summed E-state index contributed by atoms with van der Waals surface area (Å²) in [4.78, 5) is 7.38. The van der Waals surface area contributed by atoms with Gasteiger partial charge in [0, 0.05) is 6.54 Å². The molecule has 28 heavy (non-hydrogen) atoms. The molecular weight excluding hydrogens is 368 g/mol. The van der Waals surface area contributed by atoms with Crippen LogP contribution in [0.4, 0.5) is 5.88 Å². The second kappa shape index (κ2) is 8.17. The molecule has 0 radical (unpaired) electrons. The zero-order chi connectivity index (χ0) is 20.3. The van der Waals surface area contributed by atoms with Gasteiger partial charge in [0.15, 0.2) is 0 Å². The number of hydrogen-bond donors (Lipinski definition) is 1. The van der Waals surface area contributed by atoms with E-state index in [1.54, 1.807) is 0 Å². The van der Waals surface area contributed by atoms with Crippen LogP contribution in [0.3, 0.4) is 0 Å². The van der Waals surface area contributed by atoms with Gasteiger partial charge in [0.05, 0.1) is 10.9 Å². The summed E-state index contributed by atoms with van der Waals surface area (Å²) in [6.45, 7) is 7.25. The SMILES string of the molecule is CN(C)[C@@H](CNc1oc(-c2cccs2)nc1C#N)c1ccc(C(C)(C)C)cc1. The smallest absolute Gasteiger partial charge is 0.240 e. The van der Waals surface area contributed by atoms with E-state index in [0.717, 1.165) is 4.88 Å². The fraction of sp³-hybridized carbons (Fsp3) is 0.364. The van der Waals surface area contributed by atoms with Crippen LogP contribution in [0.15, 0.2) is 46.2 Å². The first-order valence-electron chi connectivity index (χ1n) is 9.25. The Kier molecular flexibility index (Phi) is 5.87. The van der Waals surface area contributed by atoms with Crippen molar-refractivity contribution < 1.29 is 4.42 Å². The number of thiophene rings is 1. The number of hydrogen-bond acceptors (Lipinski definition) is 6. The fourth-order valence-electron chi connectivity index (χ4n) is 3.01. The Balaban J connectivity index is 1.78. The van der Waals surface area contributed by atoms with Crippen molar-refractivity contribution in [1.29, 1.82) is 5.26 Å². The maximum Gasteiger partial charge on any atom is 0.240 e. The van der Waals surface area contributed by atoms with Gasteiger partial charge in [-0.25, -0.2) is 0 Å². The van der Waals surface area contributed by atoms with Gasteiger partial charge in [0.1, 0.15) is 6.07 Å². The molecule has 2 heterocycles. The van der Waals surface area contributed by atoms with E-state index in [2.05, 4.69) is 66.3 Å². The molecule has 0 fully saturated rings. The number of anilines is 1. The van der Waals surface area contributed by atoms with Crippen molar-refractivity contribution in [2.45, 2.75) is 32.2 Å². The summed E-state index contributed by atoms with van der Waals surface area (Å²) in [7, 11) is 4.10. The Morgan fingerprint density at radius 2 is 1.93 bits per heavy atom. The molecule has 1 atom stereocenters. The first kappa shape index (κ1) is 20.1. The van der Waals surface area contributed by atoms with E-state index in [0.29, 0.717) is 18.3 Å². The molecule has 0 amide bonds. The molecule has 3 rings (SSSR count). The molecule has 0 saturated carbocycles. The number of benzene rings is 1. The van der Waals surface area contributed by atoms with Crippen LogP contribution < -0.4 is 5.32 Å². The monoisotopic (exact) mass is 394 g/mol. The topological polar surface area (TPSA) is 65.1 Å². The van der Waals surface area contributed by atoms with E-state index in [4.69, 9.17) is 4.42 Å².